The number of anilines is 1. The third-order valence-electron chi connectivity index (χ3n) is 3.75. The van der Waals surface area contributed by atoms with E-state index in [2.05, 4.69) is 20.3 Å². The molecule has 1 aromatic carbocycles. The van der Waals surface area contributed by atoms with Crippen molar-refractivity contribution in [3.63, 3.8) is 0 Å². The van der Waals surface area contributed by atoms with E-state index in [0.717, 1.165) is 11.1 Å². The summed E-state index contributed by atoms with van der Waals surface area (Å²) in [5.41, 5.74) is 9.70. The maximum atomic E-state index is 11.9. The van der Waals surface area contributed by atoms with E-state index in [4.69, 9.17) is 17.3 Å². The van der Waals surface area contributed by atoms with Gasteiger partial charge in [0, 0.05) is 23.7 Å². The molecule has 24 heavy (non-hydrogen) atoms. The van der Waals surface area contributed by atoms with Crippen LogP contribution >= 0.6 is 11.6 Å². The second kappa shape index (κ2) is 6.33. The first-order chi connectivity index (χ1) is 11.5. The molecule has 1 amide bonds. The molecule has 0 radical (unpaired) electrons. The number of nitrogens with two attached hydrogens (primary N) is 1. The Morgan fingerprint density at radius 2 is 2.04 bits per heavy atom. The molecule has 7 heteroatoms. The van der Waals surface area contributed by atoms with Crippen LogP contribution in [0.2, 0.25) is 5.02 Å². The Morgan fingerprint density at radius 3 is 2.75 bits per heavy atom. The van der Waals surface area contributed by atoms with Crippen molar-refractivity contribution < 1.29 is 4.79 Å². The summed E-state index contributed by atoms with van der Waals surface area (Å²) in [6.45, 7) is 1.95. The Labute approximate surface area is 144 Å². The largest absolute Gasteiger partial charge is 0.373 e. The molecule has 2 heterocycles. The number of hydrogen-bond donors (Lipinski definition) is 3. The first kappa shape index (κ1) is 16.0. The van der Waals surface area contributed by atoms with Crippen molar-refractivity contribution in [3.8, 4) is 22.6 Å². The lowest BCUT2D eigenvalue weighted by atomic mass is 10.0. The highest BCUT2D eigenvalue weighted by Gasteiger charge is 2.18. The molecule has 0 unspecified atom stereocenters. The lowest BCUT2D eigenvalue weighted by Gasteiger charge is -2.06. The molecule has 6 nitrogen and oxygen atoms in total. The van der Waals surface area contributed by atoms with Crippen LogP contribution in [0, 0.1) is 6.92 Å². The number of amides is 1. The molecule has 3 aromatic rings. The molecule has 2 aromatic heterocycles. The highest BCUT2D eigenvalue weighted by atomic mass is 35.5. The Kier molecular flexibility index (Phi) is 4.22. The van der Waals surface area contributed by atoms with Gasteiger partial charge < -0.3 is 16.0 Å². The number of nitrogens with one attached hydrogen (secondary N) is 2. The fourth-order valence-corrected chi connectivity index (χ4v) is 2.68. The standard InChI is InChI=1S/C17H16ClN5O/c1-9-3-4-10(18)5-11(9)16-12(17(19)24)6-14(23-16)13-7-15(20-2)22-8-21-13/h3-8,23H,1-2H3,(H2,19,24)(H,20,21,22). The minimum Gasteiger partial charge on any atom is -0.373 e. The maximum Gasteiger partial charge on any atom is 0.250 e. The predicted molar refractivity (Wildman–Crippen MR) is 95.1 cm³/mol. The van der Waals surface area contributed by atoms with Gasteiger partial charge in [-0.2, -0.15) is 0 Å². The van der Waals surface area contributed by atoms with E-state index in [1.54, 1.807) is 31.3 Å². The highest BCUT2D eigenvalue weighted by Crippen LogP contribution is 2.32. The van der Waals surface area contributed by atoms with Crippen LogP contribution in [0.5, 0.6) is 0 Å². The van der Waals surface area contributed by atoms with Gasteiger partial charge in [-0.1, -0.05) is 17.7 Å². The van der Waals surface area contributed by atoms with Gasteiger partial charge in [0.2, 0.25) is 0 Å². The number of carbonyl (C=O) groups excluding carboxylic acids is 1. The number of aryl methyl sites for hydroxylation is 1. The van der Waals surface area contributed by atoms with Gasteiger partial charge in [0.05, 0.1) is 22.6 Å². The van der Waals surface area contributed by atoms with E-state index < -0.39 is 5.91 Å². The van der Waals surface area contributed by atoms with E-state index in [9.17, 15) is 4.79 Å². The first-order valence-electron chi connectivity index (χ1n) is 7.29. The molecule has 4 N–H and O–H groups in total. The minimum absolute atomic E-state index is 0.389. The molecule has 122 valence electrons. The number of nitrogens with zero attached hydrogens (tertiary/aromatic N) is 2. The number of H-pyrrole nitrogens is 1. The number of rotatable bonds is 4. The molecule has 0 bridgehead atoms. The monoisotopic (exact) mass is 341 g/mol. The number of hydrogen-bond acceptors (Lipinski definition) is 4. The van der Waals surface area contributed by atoms with Crippen molar-refractivity contribution >= 4 is 23.3 Å². The molecule has 0 aliphatic heterocycles. The van der Waals surface area contributed by atoms with Crippen molar-refractivity contribution in [2.75, 3.05) is 12.4 Å². The third kappa shape index (κ3) is 2.96. The number of primary amides is 1. The molecule has 0 atom stereocenters. The molecule has 0 saturated carbocycles. The molecule has 3 rings (SSSR count). The molecular formula is C17H16ClN5O. The fraction of sp³-hybridized carbons (Fsp3) is 0.118. The van der Waals surface area contributed by atoms with Crippen LogP contribution in [0.1, 0.15) is 15.9 Å². The number of halogens is 1. The van der Waals surface area contributed by atoms with Gasteiger partial charge in [-0.25, -0.2) is 9.97 Å². The second-order valence-electron chi connectivity index (χ2n) is 5.33. The molecule has 0 saturated heterocycles. The Morgan fingerprint density at radius 1 is 1.25 bits per heavy atom. The lowest BCUT2D eigenvalue weighted by molar-refractivity contribution is 0.100. The van der Waals surface area contributed by atoms with Crippen molar-refractivity contribution in [2.45, 2.75) is 6.92 Å². The predicted octanol–water partition coefficient (Wildman–Crippen LogP) is 3.24. The summed E-state index contributed by atoms with van der Waals surface area (Å²) in [6.07, 6.45) is 1.45. The minimum atomic E-state index is -0.519. The van der Waals surface area contributed by atoms with Gasteiger partial charge in [0.1, 0.15) is 12.1 Å². The number of carbonyl (C=O) groups is 1. The van der Waals surface area contributed by atoms with Gasteiger partial charge in [-0.15, -0.1) is 0 Å². The van der Waals surface area contributed by atoms with Gasteiger partial charge in [-0.3, -0.25) is 4.79 Å². The molecule has 0 fully saturated rings. The SMILES string of the molecule is CNc1cc(-c2cc(C(N)=O)c(-c3cc(Cl)ccc3C)[nH]2)ncn1. The van der Waals surface area contributed by atoms with Gasteiger partial charge >= 0.3 is 0 Å². The van der Waals surface area contributed by atoms with E-state index >= 15 is 0 Å². The van der Waals surface area contributed by atoms with E-state index in [1.807, 2.05) is 13.0 Å². The molecule has 0 aliphatic carbocycles. The summed E-state index contributed by atoms with van der Waals surface area (Å²) in [5, 5.41) is 3.54. The summed E-state index contributed by atoms with van der Waals surface area (Å²) < 4.78 is 0. The first-order valence-corrected chi connectivity index (χ1v) is 7.67. The van der Waals surface area contributed by atoms with Crippen LogP contribution < -0.4 is 11.1 Å². The average Bonchev–Trinajstić information content (AvgIpc) is 3.02. The van der Waals surface area contributed by atoms with E-state index in [0.29, 0.717) is 33.5 Å². The second-order valence-corrected chi connectivity index (χ2v) is 5.77. The summed E-state index contributed by atoms with van der Waals surface area (Å²) in [5.74, 6) is 0.158. The zero-order chi connectivity index (χ0) is 17.3. The van der Waals surface area contributed by atoms with Crippen LogP contribution in [0.25, 0.3) is 22.6 Å². The quantitative estimate of drug-likeness (QED) is 0.678. The van der Waals surface area contributed by atoms with E-state index in [-0.39, 0.29) is 0 Å². The molecule has 0 spiro atoms. The average molecular weight is 342 g/mol. The summed E-state index contributed by atoms with van der Waals surface area (Å²) in [4.78, 5) is 23.5. The third-order valence-corrected chi connectivity index (χ3v) is 3.99. The lowest BCUT2D eigenvalue weighted by Crippen LogP contribution is -2.11. The Balaban J connectivity index is 2.18. The number of aromatic nitrogens is 3. The van der Waals surface area contributed by atoms with Crippen LogP contribution in [0.3, 0.4) is 0 Å². The molecular weight excluding hydrogens is 326 g/mol. The molecule has 0 aliphatic rings. The van der Waals surface area contributed by atoms with Gasteiger partial charge in [0.25, 0.3) is 5.91 Å². The zero-order valence-electron chi connectivity index (χ0n) is 13.2. The highest BCUT2D eigenvalue weighted by molar-refractivity contribution is 6.31. The summed E-state index contributed by atoms with van der Waals surface area (Å²) in [6, 6.07) is 8.98. The maximum absolute atomic E-state index is 11.9. The topological polar surface area (TPSA) is 96.7 Å². The zero-order valence-corrected chi connectivity index (χ0v) is 14.0. The Hall–Kier alpha value is -2.86. The number of aromatic amines is 1. The smallest absolute Gasteiger partial charge is 0.250 e. The van der Waals surface area contributed by atoms with Crippen molar-refractivity contribution in [1.82, 2.24) is 15.0 Å². The van der Waals surface area contributed by atoms with Crippen LogP contribution in [-0.2, 0) is 0 Å². The van der Waals surface area contributed by atoms with E-state index in [1.165, 1.54) is 6.33 Å². The Bertz CT molecular complexity index is 919. The fourth-order valence-electron chi connectivity index (χ4n) is 2.50. The van der Waals surface area contributed by atoms with Crippen LogP contribution in [0.15, 0.2) is 36.7 Å². The van der Waals surface area contributed by atoms with Crippen LogP contribution in [0.4, 0.5) is 5.82 Å². The van der Waals surface area contributed by atoms with Gasteiger partial charge in [-0.05, 0) is 30.7 Å². The van der Waals surface area contributed by atoms with Crippen molar-refractivity contribution in [3.05, 3.63) is 52.8 Å². The normalized spacial score (nSPS) is 10.6. The summed E-state index contributed by atoms with van der Waals surface area (Å²) >= 11 is 6.10. The number of benzene rings is 1. The van der Waals surface area contributed by atoms with Gasteiger partial charge in [0.15, 0.2) is 0 Å². The van der Waals surface area contributed by atoms with Crippen molar-refractivity contribution in [2.24, 2.45) is 5.73 Å². The van der Waals surface area contributed by atoms with Crippen molar-refractivity contribution in [1.29, 1.82) is 0 Å². The summed E-state index contributed by atoms with van der Waals surface area (Å²) in [7, 11) is 1.77. The van der Waals surface area contributed by atoms with Crippen LogP contribution in [-0.4, -0.2) is 27.9 Å².